The molecule has 0 saturated carbocycles. The molecule has 2 aromatic carbocycles. The molecule has 182 valence electrons. The van der Waals surface area contributed by atoms with E-state index in [1.54, 1.807) is 18.2 Å². The number of carbonyl (C=O) groups excluding carboxylic acids is 1. The Labute approximate surface area is 202 Å². The summed E-state index contributed by atoms with van der Waals surface area (Å²) in [6, 6.07) is 14.5. The van der Waals surface area contributed by atoms with Crippen molar-refractivity contribution < 1.29 is 18.0 Å². The van der Waals surface area contributed by atoms with Gasteiger partial charge in [-0.2, -0.15) is 0 Å². The molecule has 0 bridgehead atoms. The number of likely N-dealkylation sites (N-methyl/N-ethyl adjacent to an activating group) is 1. The van der Waals surface area contributed by atoms with Crippen LogP contribution < -0.4 is 4.72 Å². The van der Waals surface area contributed by atoms with Gasteiger partial charge in [-0.25, -0.2) is 18.2 Å². The van der Waals surface area contributed by atoms with E-state index in [0.717, 1.165) is 24.9 Å². The third-order valence-corrected chi connectivity index (χ3v) is 6.75. The van der Waals surface area contributed by atoms with Crippen LogP contribution in [0.5, 0.6) is 0 Å². The zero-order chi connectivity index (χ0) is 24.5. The molecule has 2 aromatic rings. The van der Waals surface area contributed by atoms with E-state index in [4.69, 9.17) is 16.4 Å². The van der Waals surface area contributed by atoms with E-state index in [-0.39, 0.29) is 9.92 Å². The summed E-state index contributed by atoms with van der Waals surface area (Å²) in [6.45, 7) is 7.84. The minimum absolute atomic E-state index is 0.0963. The van der Waals surface area contributed by atoms with Crippen LogP contribution in [0.4, 0.5) is 0 Å². The number of hydrogen-bond acceptors (Lipinski definition) is 5. The lowest BCUT2D eigenvalue weighted by molar-refractivity contribution is -0.220. The van der Waals surface area contributed by atoms with Gasteiger partial charge < -0.3 is 4.90 Å². The van der Waals surface area contributed by atoms with Crippen LogP contribution in [0.2, 0.25) is 5.02 Å². The van der Waals surface area contributed by atoms with E-state index in [0.29, 0.717) is 26.0 Å². The van der Waals surface area contributed by atoms with Crippen molar-refractivity contribution in [2.24, 2.45) is 0 Å². The normalized spacial score (nSPS) is 12.2. The lowest BCUT2D eigenvalue weighted by Gasteiger charge is -2.26. The molecule has 33 heavy (non-hydrogen) atoms. The number of hydrogen-bond donors (Lipinski definition) is 1. The number of halogens is 1. The van der Waals surface area contributed by atoms with Gasteiger partial charge in [0.25, 0.3) is 0 Å². The first-order valence-corrected chi connectivity index (χ1v) is 12.8. The van der Waals surface area contributed by atoms with Crippen LogP contribution in [0.1, 0.15) is 38.3 Å². The second kappa shape index (κ2) is 12.5. The van der Waals surface area contributed by atoms with E-state index in [1.165, 1.54) is 16.7 Å². The summed E-state index contributed by atoms with van der Waals surface area (Å²) < 4.78 is 27.3. The molecular formula is C24H34ClN3O4S. The molecule has 0 heterocycles. The van der Waals surface area contributed by atoms with Gasteiger partial charge >= 0.3 is 0 Å². The Hall–Kier alpha value is -1.97. The van der Waals surface area contributed by atoms with Crippen LogP contribution in [-0.4, -0.2) is 57.1 Å². The molecule has 1 N–H and O–H groups in total. The number of carbonyl (C=O) groups is 1. The molecule has 0 aliphatic heterocycles. The number of hydroxylamine groups is 2. The fraction of sp³-hybridized carbons (Fsp3) is 0.458. The molecule has 2 rings (SSSR count). The molecule has 1 amide bonds. The molecule has 9 heteroatoms. The molecule has 7 nitrogen and oxygen atoms in total. The first-order chi connectivity index (χ1) is 15.5. The van der Waals surface area contributed by atoms with Crippen molar-refractivity contribution in [2.75, 3.05) is 26.7 Å². The number of sulfonamides is 1. The van der Waals surface area contributed by atoms with Gasteiger partial charge in [-0.15, -0.1) is 0 Å². The molecular weight excluding hydrogens is 462 g/mol. The molecule has 0 radical (unpaired) electrons. The number of nitrogens with zero attached hydrogens (tertiary/aromatic N) is 2. The fourth-order valence-electron chi connectivity index (χ4n) is 3.21. The fourth-order valence-corrected chi connectivity index (χ4v) is 4.75. The van der Waals surface area contributed by atoms with Crippen LogP contribution in [0.25, 0.3) is 0 Å². The summed E-state index contributed by atoms with van der Waals surface area (Å²) in [5, 5.41) is 1.52. The highest BCUT2D eigenvalue weighted by molar-refractivity contribution is 7.89. The van der Waals surface area contributed by atoms with Gasteiger partial charge in [-0.1, -0.05) is 48.0 Å². The zero-order valence-electron chi connectivity index (χ0n) is 19.8. The van der Waals surface area contributed by atoms with Gasteiger partial charge in [0, 0.05) is 13.1 Å². The predicted molar refractivity (Wildman–Crippen MR) is 131 cm³/mol. The number of rotatable bonds is 13. The van der Waals surface area contributed by atoms with Crippen molar-refractivity contribution in [1.82, 2.24) is 14.7 Å². The predicted octanol–water partition coefficient (Wildman–Crippen LogP) is 3.87. The molecule has 0 aliphatic carbocycles. The second-order valence-electron chi connectivity index (χ2n) is 8.94. The highest BCUT2D eigenvalue weighted by Crippen LogP contribution is 2.20. The summed E-state index contributed by atoms with van der Waals surface area (Å²) in [4.78, 5) is 19.0. The van der Waals surface area contributed by atoms with Gasteiger partial charge in [0.2, 0.25) is 16.4 Å². The Balaban J connectivity index is 1.72. The lowest BCUT2D eigenvalue weighted by atomic mass is 10.1. The minimum Gasteiger partial charge on any atom is -0.305 e. The SMILES string of the molecule is CN(CCCc1ccc(CN(C=O)OC(C)(C)C)cc1)CCNS(=O)(=O)c1ccccc1Cl. The highest BCUT2D eigenvalue weighted by Gasteiger charge is 2.17. The van der Waals surface area contributed by atoms with Gasteiger partial charge in [-0.05, 0) is 70.5 Å². The maximum atomic E-state index is 12.4. The van der Waals surface area contributed by atoms with E-state index >= 15 is 0 Å². The number of amides is 1. The summed E-state index contributed by atoms with van der Waals surface area (Å²) in [5.74, 6) is 0. The topological polar surface area (TPSA) is 79.0 Å². The maximum Gasteiger partial charge on any atom is 0.242 e. The van der Waals surface area contributed by atoms with E-state index in [9.17, 15) is 13.2 Å². The molecule has 0 atom stereocenters. The largest absolute Gasteiger partial charge is 0.305 e. The summed E-state index contributed by atoms with van der Waals surface area (Å²) >= 11 is 5.99. The van der Waals surface area contributed by atoms with Gasteiger partial charge in [0.15, 0.2) is 0 Å². The average Bonchev–Trinajstić information content (AvgIpc) is 2.73. The Kier molecular flexibility index (Phi) is 10.3. The smallest absolute Gasteiger partial charge is 0.242 e. The van der Waals surface area contributed by atoms with Crippen molar-refractivity contribution >= 4 is 28.0 Å². The lowest BCUT2D eigenvalue weighted by Crippen LogP contribution is -2.33. The quantitative estimate of drug-likeness (QED) is 0.337. The number of benzene rings is 2. The standard InChI is InChI=1S/C24H34ClN3O4S/c1-24(2,3)32-28(19-29)18-21-13-11-20(12-14-21)8-7-16-27(4)17-15-26-33(30,31)23-10-6-5-9-22(23)25/h5-6,9-14,19,26H,7-8,15-18H2,1-4H3. The Morgan fingerprint density at radius 1 is 1.03 bits per heavy atom. The van der Waals surface area contributed by atoms with Crippen molar-refractivity contribution in [3.8, 4) is 0 Å². The summed E-state index contributed by atoms with van der Waals surface area (Å²) in [7, 11) is -1.65. The second-order valence-corrected chi connectivity index (χ2v) is 11.1. The molecule has 0 fully saturated rings. The number of nitrogens with one attached hydrogen (secondary N) is 1. The first-order valence-electron chi connectivity index (χ1n) is 10.9. The van der Waals surface area contributed by atoms with E-state index < -0.39 is 15.6 Å². The first kappa shape index (κ1) is 27.3. The zero-order valence-corrected chi connectivity index (χ0v) is 21.3. The van der Waals surface area contributed by atoms with Crippen molar-refractivity contribution in [1.29, 1.82) is 0 Å². The van der Waals surface area contributed by atoms with Crippen LogP contribution in [0.3, 0.4) is 0 Å². The van der Waals surface area contributed by atoms with Crippen LogP contribution >= 0.6 is 11.6 Å². The Morgan fingerprint density at radius 3 is 2.27 bits per heavy atom. The summed E-state index contributed by atoms with van der Waals surface area (Å²) in [6.07, 6.45) is 2.55. The van der Waals surface area contributed by atoms with Gasteiger partial charge in [0.1, 0.15) is 4.90 Å². The third kappa shape index (κ3) is 9.81. The molecule has 0 aromatic heterocycles. The van der Waals surface area contributed by atoms with E-state index in [1.807, 2.05) is 40.0 Å². The monoisotopic (exact) mass is 495 g/mol. The third-order valence-electron chi connectivity index (χ3n) is 4.79. The van der Waals surface area contributed by atoms with Crippen LogP contribution in [0.15, 0.2) is 53.4 Å². The Morgan fingerprint density at radius 2 is 1.67 bits per heavy atom. The maximum absolute atomic E-state index is 12.4. The molecule has 0 saturated heterocycles. The van der Waals surface area contributed by atoms with Crippen molar-refractivity contribution in [2.45, 2.75) is 50.7 Å². The highest BCUT2D eigenvalue weighted by atomic mass is 35.5. The summed E-state index contributed by atoms with van der Waals surface area (Å²) in [5.41, 5.74) is 1.78. The van der Waals surface area contributed by atoms with Gasteiger partial charge in [-0.3, -0.25) is 9.63 Å². The minimum atomic E-state index is -3.62. The molecule has 0 spiro atoms. The molecule has 0 aliphatic rings. The Bertz CT molecular complexity index is 992. The van der Waals surface area contributed by atoms with Crippen molar-refractivity contribution in [3.63, 3.8) is 0 Å². The average molecular weight is 496 g/mol. The number of aryl methyl sites for hydroxylation is 1. The van der Waals surface area contributed by atoms with Crippen molar-refractivity contribution in [3.05, 3.63) is 64.7 Å². The van der Waals surface area contributed by atoms with Crippen LogP contribution in [-0.2, 0) is 32.6 Å². The van der Waals surface area contributed by atoms with Crippen LogP contribution in [0, 0.1) is 0 Å². The van der Waals surface area contributed by atoms with Gasteiger partial charge in [0.05, 0.1) is 17.2 Å². The molecule has 0 unspecified atom stereocenters. The van der Waals surface area contributed by atoms with E-state index in [2.05, 4.69) is 21.8 Å².